The molecule has 0 aliphatic heterocycles. The number of carbonyl (C=O) groups is 1. The van der Waals surface area contributed by atoms with Crippen LogP contribution in [0.15, 0.2) is 33.5 Å². The zero-order chi connectivity index (χ0) is 18.6. The Bertz CT molecular complexity index is 919. The van der Waals surface area contributed by atoms with Crippen LogP contribution in [0, 0.1) is 23.2 Å². The first kappa shape index (κ1) is 17.0. The van der Waals surface area contributed by atoms with Gasteiger partial charge in [-0.15, -0.1) is 0 Å². The number of benzene rings is 1. The summed E-state index contributed by atoms with van der Waals surface area (Å²) < 4.78 is 11.2. The van der Waals surface area contributed by atoms with E-state index in [0.717, 1.165) is 42.2 Å². The molecule has 0 spiro atoms. The summed E-state index contributed by atoms with van der Waals surface area (Å²) in [6.45, 7) is 2.21. The molecule has 4 heteroatoms. The molecule has 1 aromatic carbocycles. The van der Waals surface area contributed by atoms with Gasteiger partial charge in [0.15, 0.2) is 0 Å². The highest BCUT2D eigenvalue weighted by atomic mass is 16.5. The van der Waals surface area contributed by atoms with Crippen LogP contribution in [0.25, 0.3) is 11.0 Å². The van der Waals surface area contributed by atoms with Gasteiger partial charge in [0.2, 0.25) is 0 Å². The lowest BCUT2D eigenvalue weighted by atomic mass is 9.49. The molecule has 4 bridgehead atoms. The van der Waals surface area contributed by atoms with Crippen LogP contribution in [0.3, 0.4) is 0 Å². The van der Waals surface area contributed by atoms with Crippen molar-refractivity contribution in [1.82, 2.24) is 0 Å². The first-order valence-electron chi connectivity index (χ1n) is 10.3. The molecule has 4 aliphatic rings. The van der Waals surface area contributed by atoms with E-state index in [1.165, 1.54) is 25.3 Å². The van der Waals surface area contributed by atoms with E-state index in [2.05, 4.69) is 6.92 Å². The molecule has 4 fully saturated rings. The molecule has 0 atom stereocenters. The lowest BCUT2D eigenvalue weighted by Crippen LogP contribution is -2.50. The second-order valence-corrected chi connectivity index (χ2v) is 9.05. The Morgan fingerprint density at radius 2 is 1.78 bits per heavy atom. The zero-order valence-electron chi connectivity index (χ0n) is 15.8. The molecule has 4 nitrogen and oxygen atoms in total. The van der Waals surface area contributed by atoms with E-state index < -0.39 is 5.63 Å². The van der Waals surface area contributed by atoms with Gasteiger partial charge in [0, 0.05) is 17.0 Å². The highest BCUT2D eigenvalue weighted by Crippen LogP contribution is 2.60. The molecule has 2 aromatic rings. The Kier molecular flexibility index (Phi) is 3.92. The monoisotopic (exact) mass is 366 g/mol. The number of rotatable bonds is 4. The first-order valence-corrected chi connectivity index (χ1v) is 10.3. The van der Waals surface area contributed by atoms with E-state index >= 15 is 0 Å². The normalized spacial score (nSPS) is 31.4. The molecule has 1 aromatic heterocycles. The third-order valence-corrected chi connectivity index (χ3v) is 7.13. The summed E-state index contributed by atoms with van der Waals surface area (Å²) in [5, 5.41) is 0.852. The van der Waals surface area contributed by atoms with Gasteiger partial charge < -0.3 is 9.15 Å². The molecule has 27 heavy (non-hydrogen) atoms. The molecule has 142 valence electrons. The molecule has 4 saturated carbocycles. The van der Waals surface area contributed by atoms with E-state index in [1.54, 1.807) is 0 Å². The smallest absolute Gasteiger partial charge is 0.336 e. The van der Waals surface area contributed by atoms with E-state index in [0.29, 0.717) is 23.3 Å². The SMILES string of the molecule is CCc1ccc2c(COC(=O)C34CC5CC(CC(C5)C3)C4)cc(=O)oc2c1. The van der Waals surface area contributed by atoms with Gasteiger partial charge in [0.25, 0.3) is 0 Å². The minimum atomic E-state index is -0.392. The number of carbonyl (C=O) groups excluding carboxylic acids is 1. The van der Waals surface area contributed by atoms with Crippen molar-refractivity contribution in [3.63, 3.8) is 0 Å². The van der Waals surface area contributed by atoms with E-state index in [4.69, 9.17) is 9.15 Å². The third-order valence-electron chi connectivity index (χ3n) is 7.13. The van der Waals surface area contributed by atoms with Crippen LogP contribution in [0.5, 0.6) is 0 Å². The Hall–Kier alpha value is -2.10. The van der Waals surface area contributed by atoms with Crippen molar-refractivity contribution in [3.8, 4) is 0 Å². The molecule has 0 amide bonds. The average Bonchev–Trinajstić information content (AvgIpc) is 2.64. The van der Waals surface area contributed by atoms with Crippen LogP contribution in [0.2, 0.25) is 0 Å². The van der Waals surface area contributed by atoms with Crippen LogP contribution in [-0.2, 0) is 22.6 Å². The Morgan fingerprint density at radius 1 is 1.11 bits per heavy atom. The predicted octanol–water partition coefficient (Wildman–Crippen LogP) is 4.62. The zero-order valence-corrected chi connectivity index (χ0v) is 15.8. The van der Waals surface area contributed by atoms with Gasteiger partial charge in [-0.25, -0.2) is 4.79 Å². The van der Waals surface area contributed by atoms with E-state index in [-0.39, 0.29) is 18.0 Å². The summed E-state index contributed by atoms with van der Waals surface area (Å²) in [6.07, 6.45) is 7.77. The molecular weight excluding hydrogens is 340 g/mol. The fourth-order valence-electron chi connectivity index (χ4n) is 6.27. The number of hydrogen-bond acceptors (Lipinski definition) is 4. The first-order chi connectivity index (χ1) is 13.0. The maximum absolute atomic E-state index is 13.1. The average molecular weight is 366 g/mol. The number of ether oxygens (including phenoxy) is 1. The molecule has 0 N–H and O–H groups in total. The quantitative estimate of drug-likeness (QED) is 0.585. The van der Waals surface area contributed by atoms with Gasteiger partial charge >= 0.3 is 11.6 Å². The van der Waals surface area contributed by atoms with Crippen molar-refractivity contribution in [3.05, 3.63) is 45.8 Å². The lowest BCUT2D eigenvalue weighted by Gasteiger charge is -2.55. The van der Waals surface area contributed by atoms with Crippen LogP contribution < -0.4 is 5.63 Å². The molecule has 0 saturated heterocycles. The Balaban J connectivity index is 1.38. The summed E-state index contributed by atoms with van der Waals surface area (Å²) in [5.74, 6) is 2.08. The van der Waals surface area contributed by atoms with Crippen molar-refractivity contribution in [2.45, 2.75) is 58.5 Å². The van der Waals surface area contributed by atoms with Crippen molar-refractivity contribution in [1.29, 1.82) is 0 Å². The number of fused-ring (bicyclic) bond motifs is 1. The largest absolute Gasteiger partial charge is 0.460 e. The minimum absolute atomic E-state index is 0.0480. The van der Waals surface area contributed by atoms with Crippen LogP contribution in [0.1, 0.15) is 56.6 Å². The van der Waals surface area contributed by atoms with Gasteiger partial charge in [0.05, 0.1) is 5.41 Å². The lowest BCUT2D eigenvalue weighted by molar-refractivity contribution is -0.172. The van der Waals surface area contributed by atoms with Gasteiger partial charge in [-0.05, 0) is 74.3 Å². The van der Waals surface area contributed by atoms with Gasteiger partial charge in [0.1, 0.15) is 12.2 Å². The van der Waals surface area contributed by atoms with Gasteiger partial charge in [-0.2, -0.15) is 0 Å². The van der Waals surface area contributed by atoms with Crippen molar-refractivity contribution in [2.75, 3.05) is 0 Å². The van der Waals surface area contributed by atoms with Gasteiger partial charge in [-0.3, -0.25) is 4.79 Å². The maximum atomic E-state index is 13.1. The third kappa shape index (κ3) is 2.90. The van der Waals surface area contributed by atoms with Crippen molar-refractivity contribution < 1.29 is 13.9 Å². The minimum Gasteiger partial charge on any atom is -0.460 e. The summed E-state index contributed by atoms with van der Waals surface area (Å²) in [5.41, 5.74) is 1.77. The standard InChI is InChI=1S/C23H26O4/c1-2-14-3-4-19-18(9-21(24)27-20(19)8-14)13-26-22(25)23-10-15-5-16(11-23)7-17(6-15)12-23/h3-4,8-9,15-17H,2,5-7,10-13H2,1H3. The molecule has 0 radical (unpaired) electrons. The predicted molar refractivity (Wildman–Crippen MR) is 102 cm³/mol. The van der Waals surface area contributed by atoms with E-state index in [9.17, 15) is 9.59 Å². The summed E-state index contributed by atoms with van der Waals surface area (Å²) in [4.78, 5) is 25.0. The highest BCUT2D eigenvalue weighted by Gasteiger charge is 2.55. The number of aryl methyl sites for hydroxylation is 1. The second-order valence-electron chi connectivity index (χ2n) is 9.05. The second kappa shape index (κ2) is 6.22. The fraction of sp³-hybridized carbons (Fsp3) is 0.565. The fourth-order valence-corrected chi connectivity index (χ4v) is 6.27. The van der Waals surface area contributed by atoms with Crippen LogP contribution >= 0.6 is 0 Å². The molecule has 1 heterocycles. The van der Waals surface area contributed by atoms with Crippen LogP contribution in [-0.4, -0.2) is 5.97 Å². The summed E-state index contributed by atoms with van der Waals surface area (Å²) >= 11 is 0. The van der Waals surface area contributed by atoms with Crippen molar-refractivity contribution in [2.24, 2.45) is 23.2 Å². The summed E-state index contributed by atoms with van der Waals surface area (Å²) in [6, 6.07) is 7.36. The molecule has 0 unspecified atom stereocenters. The van der Waals surface area contributed by atoms with Crippen LogP contribution in [0.4, 0.5) is 0 Å². The van der Waals surface area contributed by atoms with Crippen molar-refractivity contribution >= 4 is 16.9 Å². The van der Waals surface area contributed by atoms with E-state index in [1.807, 2.05) is 18.2 Å². The number of hydrogen-bond donors (Lipinski definition) is 0. The topological polar surface area (TPSA) is 56.5 Å². The number of esters is 1. The highest BCUT2D eigenvalue weighted by molar-refractivity contribution is 5.82. The molecule has 6 rings (SSSR count). The molecule has 4 aliphatic carbocycles. The summed E-state index contributed by atoms with van der Waals surface area (Å²) in [7, 11) is 0. The van der Waals surface area contributed by atoms with Gasteiger partial charge in [-0.1, -0.05) is 19.1 Å². The maximum Gasteiger partial charge on any atom is 0.336 e. The Labute approximate surface area is 158 Å². The Morgan fingerprint density at radius 3 is 2.41 bits per heavy atom. The molecular formula is C23H26O4.